The molecule has 1 aliphatic heterocycles. The highest BCUT2D eigenvalue weighted by atomic mass is 79.9. The Bertz CT molecular complexity index is 1110. The third kappa shape index (κ3) is 3.51. The molecule has 0 aliphatic carbocycles. The number of halogens is 3. The molecule has 0 bridgehead atoms. The van der Waals surface area contributed by atoms with Crippen LogP contribution in [0.2, 0.25) is 0 Å². The summed E-state index contributed by atoms with van der Waals surface area (Å²) in [5.74, 6) is -0.897. The largest absolute Gasteiger partial charge is 0.491 e. The summed E-state index contributed by atoms with van der Waals surface area (Å²) in [5, 5.41) is 2.98. The monoisotopic (exact) mass is 458 g/mol. The van der Waals surface area contributed by atoms with E-state index >= 15 is 0 Å². The van der Waals surface area contributed by atoms with Gasteiger partial charge in [0.15, 0.2) is 0 Å². The number of hydrogen-bond acceptors (Lipinski definition) is 3. The van der Waals surface area contributed by atoms with Crippen molar-refractivity contribution in [1.29, 1.82) is 0 Å². The van der Waals surface area contributed by atoms with Crippen LogP contribution >= 0.6 is 15.9 Å². The second-order valence-corrected chi connectivity index (χ2v) is 7.76. The van der Waals surface area contributed by atoms with E-state index in [4.69, 9.17) is 4.74 Å². The first-order valence-corrected chi connectivity index (χ1v) is 9.82. The molecule has 1 aromatic heterocycles. The number of nitrogens with zero attached hydrogens (tertiary/aromatic N) is 1. The first kappa shape index (κ1) is 19.5. The highest BCUT2D eigenvalue weighted by Gasteiger charge is 2.42. The highest BCUT2D eigenvalue weighted by molar-refractivity contribution is 9.10. The summed E-state index contributed by atoms with van der Waals surface area (Å²) in [4.78, 5) is 17.5. The average molecular weight is 459 g/mol. The molecule has 1 N–H and O–H groups in total. The molecule has 0 saturated carbocycles. The quantitative estimate of drug-likeness (QED) is 0.607. The van der Waals surface area contributed by atoms with Gasteiger partial charge in [-0.25, -0.2) is 8.78 Å². The van der Waals surface area contributed by atoms with Crippen molar-refractivity contribution in [3.8, 4) is 5.75 Å². The van der Waals surface area contributed by atoms with Crippen LogP contribution in [0.4, 0.5) is 8.78 Å². The SMILES string of the molecule is Cc1ccc([C@@]2(NC(=O)c3ccc(Br)c(F)c3)CCOc3cccnc32)cc1F. The summed E-state index contributed by atoms with van der Waals surface area (Å²) in [6.45, 7) is 1.98. The predicted octanol–water partition coefficient (Wildman–Crippen LogP) is 4.89. The van der Waals surface area contributed by atoms with Crippen molar-refractivity contribution in [1.82, 2.24) is 10.3 Å². The van der Waals surface area contributed by atoms with Crippen molar-refractivity contribution in [2.24, 2.45) is 0 Å². The van der Waals surface area contributed by atoms with Crippen LogP contribution in [0.5, 0.6) is 5.75 Å². The Morgan fingerprint density at radius 3 is 2.76 bits per heavy atom. The smallest absolute Gasteiger partial charge is 0.252 e. The Balaban J connectivity index is 1.84. The Kier molecular flexibility index (Phi) is 5.08. The molecule has 0 unspecified atom stereocenters. The summed E-state index contributed by atoms with van der Waals surface area (Å²) in [5.41, 5.74) is 0.583. The van der Waals surface area contributed by atoms with Gasteiger partial charge in [0.05, 0.1) is 11.1 Å². The molecule has 2 heterocycles. The van der Waals surface area contributed by atoms with Crippen molar-refractivity contribution < 1.29 is 18.3 Å². The maximum Gasteiger partial charge on any atom is 0.252 e. The molecular weight excluding hydrogens is 442 g/mol. The summed E-state index contributed by atoms with van der Waals surface area (Å²) in [6.07, 6.45) is 1.95. The van der Waals surface area contributed by atoms with E-state index < -0.39 is 17.3 Å². The minimum absolute atomic E-state index is 0.154. The van der Waals surface area contributed by atoms with Crippen LogP contribution in [0.15, 0.2) is 59.2 Å². The van der Waals surface area contributed by atoms with Crippen molar-refractivity contribution in [3.05, 3.63) is 93.2 Å². The zero-order chi connectivity index (χ0) is 20.6. The number of carbonyl (C=O) groups is 1. The van der Waals surface area contributed by atoms with Gasteiger partial charge >= 0.3 is 0 Å². The molecule has 1 amide bonds. The molecule has 4 rings (SSSR count). The Morgan fingerprint density at radius 2 is 2.00 bits per heavy atom. The summed E-state index contributed by atoms with van der Waals surface area (Å²) >= 11 is 3.09. The number of carbonyl (C=O) groups excluding carboxylic acids is 1. The molecule has 4 nitrogen and oxygen atoms in total. The van der Waals surface area contributed by atoms with E-state index in [1.807, 2.05) is 0 Å². The number of nitrogens with one attached hydrogen (secondary N) is 1. The topological polar surface area (TPSA) is 51.2 Å². The Hall–Kier alpha value is -2.80. The van der Waals surface area contributed by atoms with Gasteiger partial charge in [0, 0.05) is 18.2 Å². The third-order valence-corrected chi connectivity index (χ3v) is 5.73. The average Bonchev–Trinajstić information content (AvgIpc) is 2.72. The summed E-state index contributed by atoms with van der Waals surface area (Å²) in [6, 6.07) is 12.5. The van der Waals surface area contributed by atoms with Crippen LogP contribution in [0.3, 0.4) is 0 Å². The van der Waals surface area contributed by atoms with Gasteiger partial charge in [-0.3, -0.25) is 9.78 Å². The lowest BCUT2D eigenvalue weighted by molar-refractivity contribution is 0.0883. The molecule has 1 aliphatic rings. The fraction of sp³-hybridized carbons (Fsp3) is 0.182. The second-order valence-electron chi connectivity index (χ2n) is 6.90. The minimum atomic E-state index is -1.11. The molecule has 1 atom stereocenters. The maximum absolute atomic E-state index is 14.4. The molecular formula is C22H17BrF2N2O2. The lowest BCUT2D eigenvalue weighted by Crippen LogP contribution is -2.50. The Morgan fingerprint density at radius 1 is 1.17 bits per heavy atom. The van der Waals surface area contributed by atoms with Crippen molar-refractivity contribution in [3.63, 3.8) is 0 Å². The second kappa shape index (κ2) is 7.55. The van der Waals surface area contributed by atoms with Crippen LogP contribution in [-0.4, -0.2) is 17.5 Å². The number of ether oxygens (including phenoxy) is 1. The minimum Gasteiger partial charge on any atom is -0.491 e. The summed E-state index contributed by atoms with van der Waals surface area (Å²) in [7, 11) is 0. The van der Waals surface area contributed by atoms with E-state index in [0.717, 1.165) is 6.07 Å². The Labute approximate surface area is 175 Å². The van der Waals surface area contributed by atoms with Crippen LogP contribution in [-0.2, 0) is 5.54 Å². The summed E-state index contributed by atoms with van der Waals surface area (Å²) < 4.78 is 34.4. The van der Waals surface area contributed by atoms with E-state index in [2.05, 4.69) is 26.2 Å². The maximum atomic E-state index is 14.4. The molecule has 0 spiro atoms. The van der Waals surface area contributed by atoms with Crippen LogP contribution in [0.1, 0.15) is 33.6 Å². The van der Waals surface area contributed by atoms with Gasteiger partial charge in [-0.2, -0.15) is 0 Å². The molecule has 3 aromatic rings. The fourth-order valence-electron chi connectivity index (χ4n) is 3.50. The third-order valence-electron chi connectivity index (χ3n) is 5.08. The molecule has 0 radical (unpaired) electrons. The lowest BCUT2D eigenvalue weighted by Gasteiger charge is -2.39. The molecule has 148 valence electrons. The van der Waals surface area contributed by atoms with Crippen LogP contribution in [0.25, 0.3) is 0 Å². The van der Waals surface area contributed by atoms with Gasteiger partial charge in [-0.15, -0.1) is 0 Å². The number of benzene rings is 2. The van der Waals surface area contributed by atoms with Crippen LogP contribution in [0, 0.1) is 18.6 Å². The van der Waals surface area contributed by atoms with Crippen molar-refractivity contribution in [2.45, 2.75) is 18.9 Å². The number of aryl methyl sites for hydroxylation is 1. The number of hydrogen-bond donors (Lipinski definition) is 1. The number of aromatic nitrogens is 1. The fourth-order valence-corrected chi connectivity index (χ4v) is 3.74. The number of rotatable bonds is 3. The molecule has 29 heavy (non-hydrogen) atoms. The van der Waals surface area contributed by atoms with Gasteiger partial charge in [0.25, 0.3) is 5.91 Å². The van der Waals surface area contributed by atoms with Gasteiger partial charge in [0.1, 0.15) is 28.6 Å². The number of pyridine rings is 1. The van der Waals surface area contributed by atoms with Gasteiger partial charge in [0.2, 0.25) is 0 Å². The van der Waals surface area contributed by atoms with Gasteiger partial charge in [-0.05, 0) is 70.4 Å². The highest BCUT2D eigenvalue weighted by Crippen LogP contribution is 2.41. The van der Waals surface area contributed by atoms with Crippen molar-refractivity contribution in [2.75, 3.05) is 6.61 Å². The van der Waals surface area contributed by atoms with E-state index in [1.54, 1.807) is 37.4 Å². The standard InChI is InChI=1S/C22H17BrF2N2O2/c1-13-4-6-15(12-17(13)24)22(8-10-29-19-3-2-9-26-20(19)22)27-21(28)14-5-7-16(23)18(25)11-14/h2-7,9,11-12H,8,10H2,1H3,(H,27,28)/t22-/m0/s1. The molecule has 0 saturated heterocycles. The van der Waals surface area contributed by atoms with Gasteiger partial charge in [-0.1, -0.05) is 12.1 Å². The lowest BCUT2D eigenvalue weighted by atomic mass is 9.80. The van der Waals surface area contributed by atoms with E-state index in [0.29, 0.717) is 35.6 Å². The number of fused-ring (bicyclic) bond motifs is 1. The molecule has 0 fully saturated rings. The van der Waals surface area contributed by atoms with E-state index in [1.165, 1.54) is 18.2 Å². The number of amides is 1. The first-order valence-electron chi connectivity index (χ1n) is 9.03. The van der Waals surface area contributed by atoms with Gasteiger partial charge < -0.3 is 10.1 Å². The molecule has 2 aromatic carbocycles. The van der Waals surface area contributed by atoms with E-state index in [-0.39, 0.29) is 15.9 Å². The first-order chi connectivity index (χ1) is 13.9. The zero-order valence-corrected chi connectivity index (χ0v) is 17.1. The predicted molar refractivity (Wildman–Crippen MR) is 108 cm³/mol. The van der Waals surface area contributed by atoms with Crippen molar-refractivity contribution >= 4 is 21.8 Å². The van der Waals surface area contributed by atoms with E-state index in [9.17, 15) is 13.6 Å². The van der Waals surface area contributed by atoms with Crippen LogP contribution < -0.4 is 10.1 Å². The molecule has 7 heteroatoms. The zero-order valence-electron chi connectivity index (χ0n) is 15.5. The normalized spacial score (nSPS) is 17.9.